The minimum Gasteiger partial charge on any atom is -0.382 e. The van der Waals surface area contributed by atoms with Gasteiger partial charge in [0.05, 0.1) is 19.8 Å². The van der Waals surface area contributed by atoms with Gasteiger partial charge in [-0.3, -0.25) is 4.99 Å². The van der Waals surface area contributed by atoms with Crippen molar-refractivity contribution in [3.63, 3.8) is 0 Å². The highest BCUT2D eigenvalue weighted by atomic mass is 32.2. The van der Waals surface area contributed by atoms with Crippen LogP contribution < -0.4 is 5.32 Å². The van der Waals surface area contributed by atoms with Crippen molar-refractivity contribution in [3.8, 4) is 0 Å². The molecule has 1 rings (SSSR count). The topological polar surface area (TPSA) is 42.9 Å². The van der Waals surface area contributed by atoms with E-state index in [1.54, 1.807) is 7.11 Å². The Bertz CT molecular complexity index is 225. The highest BCUT2D eigenvalue weighted by molar-refractivity contribution is 8.14. The van der Waals surface area contributed by atoms with Crippen LogP contribution >= 0.6 is 11.8 Å². The van der Waals surface area contributed by atoms with E-state index in [0.717, 1.165) is 37.7 Å². The quantitative estimate of drug-likeness (QED) is 0.643. The summed E-state index contributed by atoms with van der Waals surface area (Å²) in [5.74, 6) is 0. The molecule has 1 aliphatic heterocycles. The number of hydrogen-bond donors (Lipinski definition) is 1. The van der Waals surface area contributed by atoms with E-state index in [2.05, 4.69) is 17.2 Å². The zero-order valence-corrected chi connectivity index (χ0v) is 11.7. The molecule has 1 N–H and O–H groups in total. The SMILES string of the molecule is CCC1CN=C(NCCCCOCCOC)S1. The molecule has 4 nitrogen and oxygen atoms in total. The summed E-state index contributed by atoms with van der Waals surface area (Å²) in [6.45, 7) is 6.39. The fourth-order valence-corrected chi connectivity index (χ4v) is 2.46. The van der Waals surface area contributed by atoms with Crippen LogP contribution in [0.15, 0.2) is 4.99 Å². The van der Waals surface area contributed by atoms with Gasteiger partial charge in [0.1, 0.15) is 0 Å². The maximum Gasteiger partial charge on any atom is 0.156 e. The lowest BCUT2D eigenvalue weighted by Gasteiger charge is -2.07. The third-order valence-electron chi connectivity index (χ3n) is 2.60. The van der Waals surface area contributed by atoms with Crippen molar-refractivity contribution in [1.82, 2.24) is 5.32 Å². The van der Waals surface area contributed by atoms with Gasteiger partial charge in [-0.2, -0.15) is 0 Å². The Labute approximate surface area is 109 Å². The van der Waals surface area contributed by atoms with Crippen LogP contribution in [-0.2, 0) is 9.47 Å². The first-order chi connectivity index (χ1) is 8.36. The fraction of sp³-hybridized carbons (Fsp3) is 0.917. The van der Waals surface area contributed by atoms with Gasteiger partial charge >= 0.3 is 0 Å². The Hall–Kier alpha value is -0.260. The molecule has 0 aromatic carbocycles. The molecule has 100 valence electrons. The molecule has 0 radical (unpaired) electrons. The van der Waals surface area contributed by atoms with Gasteiger partial charge in [0.2, 0.25) is 0 Å². The first-order valence-corrected chi connectivity index (χ1v) is 7.26. The van der Waals surface area contributed by atoms with Crippen LogP contribution in [0.5, 0.6) is 0 Å². The number of amidine groups is 1. The Morgan fingerprint density at radius 3 is 2.94 bits per heavy atom. The number of ether oxygens (including phenoxy) is 2. The van der Waals surface area contributed by atoms with Gasteiger partial charge in [-0.25, -0.2) is 0 Å². The Morgan fingerprint density at radius 2 is 2.24 bits per heavy atom. The third-order valence-corrected chi connectivity index (χ3v) is 3.91. The summed E-state index contributed by atoms with van der Waals surface area (Å²) in [4.78, 5) is 4.47. The van der Waals surface area contributed by atoms with Gasteiger partial charge in [-0.1, -0.05) is 18.7 Å². The van der Waals surface area contributed by atoms with Crippen LogP contribution in [0, 0.1) is 0 Å². The molecule has 0 fully saturated rings. The first-order valence-electron chi connectivity index (χ1n) is 6.38. The summed E-state index contributed by atoms with van der Waals surface area (Å²) < 4.78 is 10.3. The molecule has 1 unspecified atom stereocenters. The zero-order valence-electron chi connectivity index (χ0n) is 10.9. The molecule has 0 amide bonds. The highest BCUT2D eigenvalue weighted by Crippen LogP contribution is 2.21. The first kappa shape index (κ1) is 14.8. The van der Waals surface area contributed by atoms with Crippen LogP contribution in [0.3, 0.4) is 0 Å². The largest absolute Gasteiger partial charge is 0.382 e. The van der Waals surface area contributed by atoms with E-state index in [9.17, 15) is 0 Å². The summed E-state index contributed by atoms with van der Waals surface area (Å²) >= 11 is 1.88. The van der Waals surface area contributed by atoms with Gasteiger partial charge in [0.15, 0.2) is 5.17 Å². The molecule has 5 heteroatoms. The monoisotopic (exact) mass is 260 g/mol. The molecule has 0 aromatic heterocycles. The molecule has 0 bridgehead atoms. The second kappa shape index (κ2) is 9.74. The van der Waals surface area contributed by atoms with E-state index in [4.69, 9.17) is 9.47 Å². The van der Waals surface area contributed by atoms with Crippen molar-refractivity contribution in [3.05, 3.63) is 0 Å². The molecule has 1 aliphatic rings. The second-order valence-corrected chi connectivity index (χ2v) is 5.32. The van der Waals surface area contributed by atoms with Crippen molar-refractivity contribution in [1.29, 1.82) is 0 Å². The number of aliphatic imine (C=N–C) groups is 1. The van der Waals surface area contributed by atoms with Crippen molar-refractivity contribution in [2.45, 2.75) is 31.4 Å². The fourth-order valence-electron chi connectivity index (χ4n) is 1.50. The second-order valence-electron chi connectivity index (χ2n) is 4.03. The van der Waals surface area contributed by atoms with Crippen LogP contribution in [0.4, 0.5) is 0 Å². The minimum atomic E-state index is 0.685. The molecule has 0 saturated carbocycles. The van der Waals surface area contributed by atoms with Crippen LogP contribution in [-0.4, -0.2) is 50.4 Å². The van der Waals surface area contributed by atoms with Crippen LogP contribution in [0.2, 0.25) is 0 Å². The lowest BCUT2D eigenvalue weighted by Crippen LogP contribution is -2.21. The Balaban J connectivity index is 1.85. The van der Waals surface area contributed by atoms with Gasteiger partial charge in [0.25, 0.3) is 0 Å². The van der Waals surface area contributed by atoms with Crippen LogP contribution in [0.25, 0.3) is 0 Å². The molecule has 17 heavy (non-hydrogen) atoms. The van der Waals surface area contributed by atoms with Crippen molar-refractivity contribution < 1.29 is 9.47 Å². The number of nitrogens with one attached hydrogen (secondary N) is 1. The van der Waals surface area contributed by atoms with E-state index in [0.29, 0.717) is 18.5 Å². The highest BCUT2D eigenvalue weighted by Gasteiger charge is 2.16. The summed E-state index contributed by atoms with van der Waals surface area (Å²) in [5, 5.41) is 5.19. The molecular weight excluding hydrogens is 236 g/mol. The Morgan fingerprint density at radius 1 is 1.35 bits per heavy atom. The van der Waals surface area contributed by atoms with Gasteiger partial charge < -0.3 is 14.8 Å². The van der Waals surface area contributed by atoms with Gasteiger partial charge in [0, 0.05) is 25.5 Å². The van der Waals surface area contributed by atoms with E-state index < -0.39 is 0 Å². The molecule has 0 aromatic rings. The summed E-state index contributed by atoms with van der Waals surface area (Å²) in [7, 11) is 1.69. The van der Waals surface area contributed by atoms with Crippen molar-refractivity contribution >= 4 is 16.9 Å². The number of rotatable bonds is 9. The molecule has 1 atom stereocenters. The van der Waals surface area contributed by atoms with E-state index in [-0.39, 0.29) is 0 Å². The van der Waals surface area contributed by atoms with Crippen LogP contribution in [0.1, 0.15) is 26.2 Å². The van der Waals surface area contributed by atoms with E-state index in [1.807, 2.05) is 11.8 Å². The standard InChI is InChI=1S/C12H24N2O2S/c1-3-11-10-14-12(17-11)13-6-4-5-7-16-9-8-15-2/h11H,3-10H2,1-2H3,(H,13,14). The average molecular weight is 260 g/mol. The number of thioether (sulfide) groups is 1. The molecule has 1 heterocycles. The smallest absolute Gasteiger partial charge is 0.156 e. The number of hydrogen-bond acceptors (Lipinski definition) is 5. The van der Waals surface area contributed by atoms with E-state index in [1.165, 1.54) is 6.42 Å². The zero-order chi connectivity index (χ0) is 12.3. The molecule has 0 spiro atoms. The summed E-state index contributed by atoms with van der Waals surface area (Å²) in [6, 6.07) is 0. The summed E-state index contributed by atoms with van der Waals surface area (Å²) in [5.41, 5.74) is 0. The molecular formula is C12H24N2O2S. The van der Waals surface area contributed by atoms with E-state index >= 15 is 0 Å². The lowest BCUT2D eigenvalue weighted by atomic mass is 10.3. The summed E-state index contributed by atoms with van der Waals surface area (Å²) in [6.07, 6.45) is 3.42. The van der Waals surface area contributed by atoms with Crippen molar-refractivity contribution in [2.24, 2.45) is 4.99 Å². The average Bonchev–Trinajstić information content (AvgIpc) is 2.80. The maximum atomic E-state index is 5.39. The maximum absolute atomic E-state index is 5.39. The number of methoxy groups -OCH3 is 1. The number of unbranched alkanes of at least 4 members (excludes halogenated alkanes) is 1. The molecule has 0 aliphatic carbocycles. The minimum absolute atomic E-state index is 0.685. The van der Waals surface area contributed by atoms with Crippen molar-refractivity contribution in [2.75, 3.05) is 40.0 Å². The molecule has 0 saturated heterocycles. The normalized spacial score (nSPS) is 19.4. The lowest BCUT2D eigenvalue weighted by molar-refractivity contribution is 0.0689. The van der Waals surface area contributed by atoms with Gasteiger partial charge in [-0.15, -0.1) is 0 Å². The predicted molar refractivity (Wildman–Crippen MR) is 73.9 cm³/mol. The number of nitrogens with zero attached hydrogens (tertiary/aromatic N) is 1. The van der Waals surface area contributed by atoms with Gasteiger partial charge in [-0.05, 0) is 19.3 Å². The third kappa shape index (κ3) is 6.91. The Kier molecular flexibility index (Phi) is 8.48. The predicted octanol–water partition coefficient (Wildman–Crippen LogP) is 1.90.